The Morgan fingerprint density at radius 3 is 2.43 bits per heavy atom. The van der Waals surface area contributed by atoms with Crippen LogP contribution in [0.15, 0.2) is 18.2 Å². The van der Waals surface area contributed by atoms with Gasteiger partial charge in [0.25, 0.3) is 6.43 Å². The molecule has 10 heteroatoms. The molecule has 1 aliphatic heterocycles. The SMILES string of the molecule is O=C(Cn1nc(C(F)F)c(Cl)c1C1CC1)N1CCN(Cc2ccc(Cl)cc2Cl)CC1. The van der Waals surface area contributed by atoms with Crippen LogP contribution < -0.4 is 0 Å². The van der Waals surface area contributed by atoms with E-state index in [0.717, 1.165) is 18.4 Å². The second kappa shape index (κ2) is 8.99. The van der Waals surface area contributed by atoms with Gasteiger partial charge in [0.05, 0.1) is 10.7 Å². The number of carbonyl (C=O) groups is 1. The van der Waals surface area contributed by atoms with Gasteiger partial charge in [-0.1, -0.05) is 40.9 Å². The van der Waals surface area contributed by atoms with E-state index in [1.54, 1.807) is 11.0 Å². The third-order valence-corrected chi connectivity index (χ3v) is 6.52. The monoisotopic (exact) mass is 476 g/mol. The molecule has 0 N–H and O–H groups in total. The van der Waals surface area contributed by atoms with E-state index in [1.807, 2.05) is 12.1 Å². The molecule has 0 radical (unpaired) electrons. The van der Waals surface area contributed by atoms with Crippen LogP contribution in [0.1, 0.15) is 42.1 Å². The first-order chi connectivity index (χ1) is 14.3. The number of piperazine rings is 1. The number of halogens is 5. The molecule has 4 rings (SSSR count). The molecule has 30 heavy (non-hydrogen) atoms. The van der Waals surface area contributed by atoms with E-state index in [4.69, 9.17) is 34.8 Å². The van der Waals surface area contributed by atoms with Gasteiger partial charge in [0, 0.05) is 48.7 Å². The minimum absolute atomic E-state index is 0.00459. The highest BCUT2D eigenvalue weighted by Crippen LogP contribution is 2.45. The van der Waals surface area contributed by atoms with Gasteiger partial charge in [-0.25, -0.2) is 8.78 Å². The predicted octanol–water partition coefficient (Wildman–Crippen LogP) is 5.00. The molecule has 0 atom stereocenters. The van der Waals surface area contributed by atoms with Crippen LogP contribution in [-0.2, 0) is 17.9 Å². The molecule has 2 aromatic rings. The van der Waals surface area contributed by atoms with Crippen LogP contribution in [0.4, 0.5) is 8.78 Å². The first kappa shape index (κ1) is 21.8. The zero-order valence-electron chi connectivity index (χ0n) is 16.1. The molecule has 1 aliphatic carbocycles. The van der Waals surface area contributed by atoms with Gasteiger partial charge in [0.15, 0.2) is 0 Å². The lowest BCUT2D eigenvalue weighted by Gasteiger charge is -2.35. The average Bonchev–Trinajstić information content (AvgIpc) is 3.48. The van der Waals surface area contributed by atoms with E-state index < -0.39 is 12.1 Å². The Labute approximate surface area is 188 Å². The van der Waals surface area contributed by atoms with Crippen LogP contribution >= 0.6 is 34.8 Å². The number of carbonyl (C=O) groups excluding carboxylic acids is 1. The average molecular weight is 478 g/mol. The van der Waals surface area contributed by atoms with Gasteiger partial charge in [0.2, 0.25) is 5.91 Å². The lowest BCUT2D eigenvalue weighted by molar-refractivity contribution is -0.133. The van der Waals surface area contributed by atoms with Crippen molar-refractivity contribution in [2.75, 3.05) is 26.2 Å². The number of alkyl halides is 2. The number of nitrogens with zero attached hydrogens (tertiary/aromatic N) is 4. The fourth-order valence-electron chi connectivity index (χ4n) is 3.75. The fourth-order valence-corrected chi connectivity index (χ4v) is 4.59. The van der Waals surface area contributed by atoms with Crippen molar-refractivity contribution in [2.45, 2.75) is 38.3 Å². The Kier molecular flexibility index (Phi) is 6.53. The van der Waals surface area contributed by atoms with Gasteiger partial charge < -0.3 is 4.90 Å². The largest absolute Gasteiger partial charge is 0.339 e. The summed E-state index contributed by atoms with van der Waals surface area (Å²) in [5.74, 6) is -0.0210. The van der Waals surface area contributed by atoms with Gasteiger partial charge in [-0.15, -0.1) is 0 Å². The van der Waals surface area contributed by atoms with Gasteiger partial charge in [-0.05, 0) is 30.5 Å². The maximum Gasteiger partial charge on any atom is 0.283 e. The van der Waals surface area contributed by atoms with Crippen LogP contribution in [0, 0.1) is 0 Å². The maximum absolute atomic E-state index is 13.2. The van der Waals surface area contributed by atoms with E-state index in [-0.39, 0.29) is 23.4 Å². The van der Waals surface area contributed by atoms with Crippen LogP contribution in [-0.4, -0.2) is 51.7 Å². The molecule has 1 saturated heterocycles. The second-order valence-corrected chi connectivity index (χ2v) is 8.93. The topological polar surface area (TPSA) is 41.4 Å². The summed E-state index contributed by atoms with van der Waals surface area (Å²) >= 11 is 18.3. The van der Waals surface area contributed by atoms with Gasteiger partial charge in [0.1, 0.15) is 12.2 Å². The Balaban J connectivity index is 1.36. The first-order valence-electron chi connectivity index (χ1n) is 9.81. The van der Waals surface area contributed by atoms with Crippen molar-refractivity contribution in [2.24, 2.45) is 0 Å². The minimum Gasteiger partial charge on any atom is -0.339 e. The van der Waals surface area contributed by atoms with Crippen LogP contribution in [0.25, 0.3) is 0 Å². The molecule has 1 amide bonds. The number of amides is 1. The van der Waals surface area contributed by atoms with Gasteiger partial charge in [-0.3, -0.25) is 14.4 Å². The summed E-state index contributed by atoms with van der Waals surface area (Å²) in [6.45, 7) is 3.11. The smallest absolute Gasteiger partial charge is 0.283 e. The van der Waals surface area contributed by atoms with Crippen LogP contribution in [0.3, 0.4) is 0 Å². The molecular formula is C20H21Cl3F2N4O. The minimum atomic E-state index is -2.76. The number of rotatable bonds is 6. The standard InChI is InChI=1S/C20H21Cl3F2N4O/c21-14-4-3-13(15(22)9-14)10-27-5-7-28(8-6-27)16(30)11-29-19(12-1-2-12)17(23)18(26-29)20(24)25/h3-4,9,12,20H,1-2,5-8,10-11H2. The Morgan fingerprint density at radius 2 is 1.83 bits per heavy atom. The van der Waals surface area contributed by atoms with Gasteiger partial charge >= 0.3 is 0 Å². The molecule has 0 bridgehead atoms. The molecule has 5 nitrogen and oxygen atoms in total. The lowest BCUT2D eigenvalue weighted by Crippen LogP contribution is -2.49. The molecular weight excluding hydrogens is 457 g/mol. The van der Waals surface area contributed by atoms with Crippen molar-refractivity contribution < 1.29 is 13.6 Å². The van der Waals surface area contributed by atoms with E-state index in [1.165, 1.54) is 4.68 Å². The molecule has 0 unspecified atom stereocenters. The summed E-state index contributed by atoms with van der Waals surface area (Å²) in [5, 5.41) is 5.17. The summed E-state index contributed by atoms with van der Waals surface area (Å²) in [7, 11) is 0. The zero-order chi connectivity index (χ0) is 21.4. The summed E-state index contributed by atoms with van der Waals surface area (Å²) in [6, 6.07) is 5.44. The molecule has 1 aromatic carbocycles. The fraction of sp³-hybridized carbons (Fsp3) is 0.500. The van der Waals surface area contributed by atoms with Crippen molar-refractivity contribution in [3.05, 3.63) is 50.2 Å². The molecule has 2 aliphatic rings. The molecule has 162 valence electrons. The van der Waals surface area contributed by atoms with E-state index in [9.17, 15) is 13.6 Å². The third kappa shape index (κ3) is 4.74. The van der Waals surface area contributed by atoms with Crippen molar-refractivity contribution in [3.8, 4) is 0 Å². The molecule has 1 aromatic heterocycles. The molecule has 2 fully saturated rings. The highest BCUT2D eigenvalue weighted by molar-refractivity contribution is 6.35. The van der Waals surface area contributed by atoms with Crippen molar-refractivity contribution in [1.29, 1.82) is 0 Å². The zero-order valence-corrected chi connectivity index (χ0v) is 18.4. The highest BCUT2D eigenvalue weighted by Gasteiger charge is 2.35. The molecule has 0 spiro atoms. The van der Waals surface area contributed by atoms with Crippen LogP contribution in [0.5, 0.6) is 0 Å². The quantitative estimate of drug-likeness (QED) is 0.588. The third-order valence-electron chi connectivity index (χ3n) is 5.55. The lowest BCUT2D eigenvalue weighted by atomic mass is 10.2. The Bertz CT molecular complexity index is 940. The van der Waals surface area contributed by atoms with E-state index >= 15 is 0 Å². The highest BCUT2D eigenvalue weighted by atomic mass is 35.5. The summed E-state index contributed by atoms with van der Waals surface area (Å²) in [6.07, 6.45) is -0.989. The number of benzene rings is 1. The van der Waals surface area contributed by atoms with Crippen molar-refractivity contribution in [3.63, 3.8) is 0 Å². The Morgan fingerprint density at radius 1 is 1.13 bits per heavy atom. The Hall–Kier alpha value is -1.41. The van der Waals surface area contributed by atoms with Gasteiger partial charge in [-0.2, -0.15) is 5.10 Å². The van der Waals surface area contributed by atoms with Crippen molar-refractivity contribution in [1.82, 2.24) is 19.6 Å². The normalized spacial score (nSPS) is 17.7. The number of hydrogen-bond donors (Lipinski definition) is 0. The molecule has 2 heterocycles. The maximum atomic E-state index is 13.2. The van der Waals surface area contributed by atoms with E-state index in [0.29, 0.717) is 48.5 Å². The second-order valence-electron chi connectivity index (χ2n) is 7.71. The summed E-state index contributed by atoms with van der Waals surface area (Å²) in [5.41, 5.74) is 1.12. The number of aromatic nitrogens is 2. The van der Waals surface area contributed by atoms with Crippen LogP contribution in [0.2, 0.25) is 15.1 Å². The number of hydrogen-bond acceptors (Lipinski definition) is 3. The van der Waals surface area contributed by atoms with E-state index in [2.05, 4.69) is 10.00 Å². The summed E-state index contributed by atoms with van der Waals surface area (Å²) < 4.78 is 27.8. The molecule has 1 saturated carbocycles. The predicted molar refractivity (Wildman–Crippen MR) is 112 cm³/mol. The summed E-state index contributed by atoms with van der Waals surface area (Å²) in [4.78, 5) is 16.8. The first-order valence-corrected chi connectivity index (χ1v) is 10.9. The van der Waals surface area contributed by atoms with Crippen molar-refractivity contribution >= 4 is 40.7 Å².